The lowest BCUT2D eigenvalue weighted by molar-refractivity contribution is -0.121. The van der Waals surface area contributed by atoms with Crippen LogP contribution in [0.4, 0.5) is 0 Å². The predicted octanol–water partition coefficient (Wildman–Crippen LogP) is 2.42. The molecule has 0 unspecified atom stereocenters. The van der Waals surface area contributed by atoms with E-state index in [4.69, 9.17) is 4.74 Å². The Kier molecular flexibility index (Phi) is 7.68. The van der Waals surface area contributed by atoms with Crippen LogP contribution in [0.1, 0.15) is 34.3 Å². The van der Waals surface area contributed by atoms with Crippen molar-refractivity contribution in [1.29, 1.82) is 0 Å². The molecule has 0 spiro atoms. The smallest absolute Gasteiger partial charge is 0.251 e. The van der Waals surface area contributed by atoms with Gasteiger partial charge >= 0.3 is 0 Å². The number of phenols is 2. The first-order chi connectivity index (χ1) is 13.4. The standard InChI is InChI=1S/C21H26N2O5/c1-14-5-3-6-15(2)20(14)28-10-4-7-19(26)22-8-9-23-21(27)16-11-17(24)13-18(25)12-16/h3,5-6,11-13,24-25H,4,7-10H2,1-2H3,(H,22,26)(H,23,27). The summed E-state index contributed by atoms with van der Waals surface area (Å²) in [7, 11) is 0. The first kappa shape index (κ1) is 21.1. The molecule has 7 nitrogen and oxygen atoms in total. The highest BCUT2D eigenvalue weighted by atomic mass is 16.5. The summed E-state index contributed by atoms with van der Waals surface area (Å²) in [6, 6.07) is 9.60. The van der Waals surface area contributed by atoms with E-state index in [0.29, 0.717) is 19.4 Å². The Bertz CT molecular complexity index is 795. The lowest BCUT2D eigenvalue weighted by Crippen LogP contribution is -2.34. The predicted molar refractivity (Wildman–Crippen MR) is 106 cm³/mol. The fourth-order valence-electron chi connectivity index (χ4n) is 2.73. The number of hydrogen-bond donors (Lipinski definition) is 4. The summed E-state index contributed by atoms with van der Waals surface area (Å²) in [6.45, 7) is 4.95. The zero-order chi connectivity index (χ0) is 20.5. The number of carbonyl (C=O) groups is 2. The van der Waals surface area contributed by atoms with Crippen LogP contribution in [-0.2, 0) is 4.79 Å². The Morgan fingerprint density at radius 1 is 0.964 bits per heavy atom. The monoisotopic (exact) mass is 386 g/mol. The van der Waals surface area contributed by atoms with Gasteiger partial charge in [0.15, 0.2) is 0 Å². The van der Waals surface area contributed by atoms with Gasteiger partial charge in [-0.05, 0) is 43.5 Å². The fourth-order valence-corrected chi connectivity index (χ4v) is 2.73. The van der Waals surface area contributed by atoms with E-state index in [-0.39, 0.29) is 36.1 Å². The molecule has 0 aliphatic heterocycles. The lowest BCUT2D eigenvalue weighted by atomic mass is 10.1. The first-order valence-electron chi connectivity index (χ1n) is 9.13. The van der Waals surface area contributed by atoms with Crippen LogP contribution in [0.3, 0.4) is 0 Å². The van der Waals surface area contributed by atoms with Crippen molar-refractivity contribution in [3.05, 3.63) is 53.1 Å². The van der Waals surface area contributed by atoms with Gasteiger partial charge in [-0.25, -0.2) is 0 Å². The number of hydrogen-bond acceptors (Lipinski definition) is 5. The van der Waals surface area contributed by atoms with Gasteiger partial charge in [0.1, 0.15) is 17.2 Å². The average molecular weight is 386 g/mol. The number of nitrogens with one attached hydrogen (secondary N) is 2. The van der Waals surface area contributed by atoms with E-state index in [1.54, 1.807) is 0 Å². The Balaban J connectivity index is 1.62. The molecule has 28 heavy (non-hydrogen) atoms. The SMILES string of the molecule is Cc1cccc(C)c1OCCCC(=O)NCCNC(=O)c1cc(O)cc(O)c1. The number of aromatic hydroxyl groups is 2. The number of phenolic OH excluding ortho intramolecular Hbond substituents is 2. The molecule has 0 fully saturated rings. The van der Waals surface area contributed by atoms with Crippen LogP contribution in [0.15, 0.2) is 36.4 Å². The van der Waals surface area contributed by atoms with Crippen LogP contribution < -0.4 is 15.4 Å². The molecule has 0 aliphatic carbocycles. The highest BCUT2D eigenvalue weighted by Gasteiger charge is 2.09. The summed E-state index contributed by atoms with van der Waals surface area (Å²) in [6.07, 6.45) is 0.924. The molecule has 0 aromatic heterocycles. The van der Waals surface area contributed by atoms with Crippen LogP contribution >= 0.6 is 0 Å². The van der Waals surface area contributed by atoms with E-state index in [9.17, 15) is 19.8 Å². The van der Waals surface area contributed by atoms with Gasteiger partial charge in [0.2, 0.25) is 5.91 Å². The van der Waals surface area contributed by atoms with E-state index >= 15 is 0 Å². The normalized spacial score (nSPS) is 10.4. The molecule has 7 heteroatoms. The van der Waals surface area contributed by atoms with Crippen molar-refractivity contribution in [3.8, 4) is 17.2 Å². The van der Waals surface area contributed by atoms with Crippen LogP contribution in [0.5, 0.6) is 17.2 Å². The quantitative estimate of drug-likeness (QED) is 0.495. The molecule has 0 saturated carbocycles. The van der Waals surface area contributed by atoms with Gasteiger partial charge in [-0.1, -0.05) is 18.2 Å². The second-order valence-electron chi connectivity index (χ2n) is 6.52. The minimum absolute atomic E-state index is 0.116. The van der Waals surface area contributed by atoms with Crippen LogP contribution in [0, 0.1) is 13.8 Å². The molecule has 0 heterocycles. The van der Waals surface area contributed by atoms with Gasteiger partial charge in [0, 0.05) is 31.1 Å². The molecule has 0 aliphatic rings. The van der Waals surface area contributed by atoms with Crippen molar-refractivity contribution in [2.45, 2.75) is 26.7 Å². The largest absolute Gasteiger partial charge is 0.508 e. The van der Waals surface area contributed by atoms with Crippen LogP contribution in [0.2, 0.25) is 0 Å². The summed E-state index contributed by atoms with van der Waals surface area (Å²) < 4.78 is 5.77. The third kappa shape index (κ3) is 6.50. The van der Waals surface area contributed by atoms with Gasteiger partial charge in [-0.15, -0.1) is 0 Å². The minimum Gasteiger partial charge on any atom is -0.508 e. The average Bonchev–Trinajstić information content (AvgIpc) is 2.63. The van der Waals surface area contributed by atoms with E-state index in [0.717, 1.165) is 22.9 Å². The molecule has 2 aromatic carbocycles. The zero-order valence-corrected chi connectivity index (χ0v) is 16.1. The highest BCUT2D eigenvalue weighted by molar-refractivity contribution is 5.95. The molecule has 4 N–H and O–H groups in total. The molecule has 0 bridgehead atoms. The summed E-state index contributed by atoms with van der Waals surface area (Å²) >= 11 is 0. The van der Waals surface area contributed by atoms with Crippen molar-refractivity contribution >= 4 is 11.8 Å². The Morgan fingerprint density at radius 3 is 2.21 bits per heavy atom. The Morgan fingerprint density at radius 2 is 1.57 bits per heavy atom. The molecule has 2 rings (SSSR count). The van der Waals surface area contributed by atoms with Crippen molar-refractivity contribution < 1.29 is 24.5 Å². The Hall–Kier alpha value is -3.22. The molecule has 2 aromatic rings. The molecular formula is C21H26N2O5. The number of rotatable bonds is 9. The van der Waals surface area contributed by atoms with Gasteiger partial charge in [-0.2, -0.15) is 0 Å². The summed E-state index contributed by atoms with van der Waals surface area (Å²) in [5, 5.41) is 24.1. The fraction of sp³-hybridized carbons (Fsp3) is 0.333. The van der Waals surface area contributed by atoms with E-state index in [1.165, 1.54) is 12.1 Å². The molecule has 0 saturated heterocycles. The third-order valence-corrected chi connectivity index (χ3v) is 4.10. The number of carbonyl (C=O) groups excluding carboxylic acids is 2. The zero-order valence-electron chi connectivity index (χ0n) is 16.1. The van der Waals surface area contributed by atoms with Crippen molar-refractivity contribution in [2.75, 3.05) is 19.7 Å². The molecule has 2 amide bonds. The summed E-state index contributed by atoms with van der Waals surface area (Å²) in [4.78, 5) is 23.8. The van der Waals surface area contributed by atoms with Crippen LogP contribution in [0.25, 0.3) is 0 Å². The summed E-state index contributed by atoms with van der Waals surface area (Å²) in [5.41, 5.74) is 2.29. The second-order valence-corrected chi connectivity index (χ2v) is 6.52. The maximum atomic E-state index is 11.9. The van der Waals surface area contributed by atoms with Gasteiger partial charge < -0.3 is 25.6 Å². The number of para-hydroxylation sites is 1. The van der Waals surface area contributed by atoms with Crippen molar-refractivity contribution in [2.24, 2.45) is 0 Å². The maximum absolute atomic E-state index is 11.9. The topological polar surface area (TPSA) is 108 Å². The highest BCUT2D eigenvalue weighted by Crippen LogP contribution is 2.22. The minimum atomic E-state index is -0.442. The number of ether oxygens (including phenoxy) is 1. The van der Waals surface area contributed by atoms with Gasteiger partial charge in [0.05, 0.1) is 6.61 Å². The van der Waals surface area contributed by atoms with Gasteiger partial charge in [-0.3, -0.25) is 9.59 Å². The van der Waals surface area contributed by atoms with E-state index in [2.05, 4.69) is 10.6 Å². The van der Waals surface area contributed by atoms with Crippen molar-refractivity contribution in [3.63, 3.8) is 0 Å². The number of benzene rings is 2. The number of amides is 2. The molecule has 150 valence electrons. The summed E-state index contributed by atoms with van der Waals surface area (Å²) in [5.74, 6) is -0.0801. The van der Waals surface area contributed by atoms with Gasteiger partial charge in [0.25, 0.3) is 5.91 Å². The van der Waals surface area contributed by atoms with E-state index in [1.807, 2.05) is 32.0 Å². The lowest BCUT2D eigenvalue weighted by Gasteiger charge is -2.12. The molecule has 0 atom stereocenters. The second kappa shape index (κ2) is 10.2. The number of aryl methyl sites for hydroxylation is 2. The van der Waals surface area contributed by atoms with Crippen LogP contribution in [-0.4, -0.2) is 41.7 Å². The van der Waals surface area contributed by atoms with Crippen molar-refractivity contribution in [1.82, 2.24) is 10.6 Å². The molecular weight excluding hydrogens is 360 g/mol. The Labute approximate surface area is 164 Å². The first-order valence-corrected chi connectivity index (χ1v) is 9.13. The van der Waals surface area contributed by atoms with E-state index < -0.39 is 5.91 Å². The third-order valence-electron chi connectivity index (χ3n) is 4.10. The maximum Gasteiger partial charge on any atom is 0.251 e. The molecule has 0 radical (unpaired) electrons.